The molecule has 0 aliphatic carbocycles. The molecule has 4 aromatic rings. The van der Waals surface area contributed by atoms with Gasteiger partial charge in [0.25, 0.3) is 5.56 Å². The minimum atomic E-state index is -0.581. The number of H-pyrrole nitrogens is 1. The highest BCUT2D eigenvalue weighted by molar-refractivity contribution is 7.17. The summed E-state index contributed by atoms with van der Waals surface area (Å²) in [6.07, 6.45) is 1.36. The third-order valence-electron chi connectivity index (χ3n) is 3.93. The Kier molecular flexibility index (Phi) is 4.24. The zero-order valence-electron chi connectivity index (χ0n) is 14.3. The van der Waals surface area contributed by atoms with Gasteiger partial charge in [-0.1, -0.05) is 0 Å². The van der Waals surface area contributed by atoms with Crippen LogP contribution in [-0.2, 0) is 18.4 Å². The first-order valence-corrected chi connectivity index (χ1v) is 9.58. The quantitative estimate of drug-likeness (QED) is 0.538. The van der Waals surface area contributed by atoms with Gasteiger partial charge in [-0.25, -0.2) is 14.8 Å². The maximum absolute atomic E-state index is 12.4. The molecule has 0 aliphatic heterocycles. The van der Waals surface area contributed by atoms with Gasteiger partial charge in [-0.05, 0) is 19.1 Å². The molecule has 4 aromatic heterocycles. The number of thiophene rings is 1. The number of anilines is 1. The minimum absolute atomic E-state index is 0.120. The molecule has 4 rings (SSSR count). The van der Waals surface area contributed by atoms with Crippen LogP contribution in [0.1, 0.15) is 4.88 Å². The number of hydrogen-bond donors (Lipinski definition) is 2. The van der Waals surface area contributed by atoms with Gasteiger partial charge >= 0.3 is 5.69 Å². The zero-order chi connectivity index (χ0) is 19.1. The summed E-state index contributed by atoms with van der Waals surface area (Å²) >= 11 is 2.97. The van der Waals surface area contributed by atoms with E-state index in [4.69, 9.17) is 0 Å². The summed E-state index contributed by atoms with van der Waals surface area (Å²) in [5.74, 6) is -0.342. The first-order chi connectivity index (χ1) is 12.9. The van der Waals surface area contributed by atoms with Crippen LogP contribution in [0.5, 0.6) is 0 Å². The molecule has 0 radical (unpaired) electrons. The molecule has 0 aromatic carbocycles. The molecule has 0 atom stereocenters. The van der Waals surface area contributed by atoms with Gasteiger partial charge in [0.1, 0.15) is 6.54 Å². The number of fused-ring (bicyclic) bond motifs is 1. The number of aryl methyl sites for hydroxylation is 2. The summed E-state index contributed by atoms with van der Waals surface area (Å²) in [4.78, 5) is 49.0. The number of carbonyl (C=O) groups excluding carboxylic acids is 1. The smallest absolute Gasteiger partial charge is 0.315 e. The molecule has 1 amide bonds. The summed E-state index contributed by atoms with van der Waals surface area (Å²) in [6.45, 7) is 1.90. The van der Waals surface area contributed by atoms with Crippen molar-refractivity contribution in [3.05, 3.63) is 49.6 Å². The van der Waals surface area contributed by atoms with Crippen LogP contribution in [0.15, 0.2) is 33.4 Å². The van der Waals surface area contributed by atoms with Gasteiger partial charge < -0.3 is 9.88 Å². The van der Waals surface area contributed by atoms with E-state index in [1.807, 2.05) is 24.4 Å². The van der Waals surface area contributed by atoms with Crippen molar-refractivity contribution >= 4 is 44.9 Å². The number of nitrogens with one attached hydrogen (secondary N) is 2. The van der Waals surface area contributed by atoms with Crippen LogP contribution >= 0.6 is 22.7 Å². The number of amides is 1. The molecule has 2 N–H and O–H groups in total. The first kappa shape index (κ1) is 17.4. The molecule has 138 valence electrons. The molecular formula is C16H14N6O3S2. The number of aromatic nitrogens is 5. The topological polar surface area (TPSA) is 115 Å². The molecular weight excluding hydrogens is 388 g/mol. The second kappa shape index (κ2) is 6.59. The highest BCUT2D eigenvalue weighted by atomic mass is 32.1. The molecule has 0 aliphatic rings. The molecule has 27 heavy (non-hydrogen) atoms. The first-order valence-electron chi connectivity index (χ1n) is 7.88. The van der Waals surface area contributed by atoms with Crippen LogP contribution in [0.2, 0.25) is 0 Å². The van der Waals surface area contributed by atoms with Crippen molar-refractivity contribution in [3.63, 3.8) is 0 Å². The molecule has 4 heterocycles. The molecule has 0 fully saturated rings. The van der Waals surface area contributed by atoms with Crippen molar-refractivity contribution in [2.45, 2.75) is 13.5 Å². The average molecular weight is 402 g/mol. The fourth-order valence-corrected chi connectivity index (χ4v) is 4.26. The van der Waals surface area contributed by atoms with E-state index in [-0.39, 0.29) is 23.6 Å². The van der Waals surface area contributed by atoms with Crippen molar-refractivity contribution in [2.75, 3.05) is 5.32 Å². The second-order valence-corrected chi connectivity index (χ2v) is 8.01. The van der Waals surface area contributed by atoms with Crippen molar-refractivity contribution in [1.29, 1.82) is 0 Å². The number of rotatable bonds is 4. The van der Waals surface area contributed by atoms with Gasteiger partial charge in [-0.15, -0.1) is 22.7 Å². The van der Waals surface area contributed by atoms with E-state index in [1.165, 1.54) is 38.7 Å². The Morgan fingerprint density at radius 2 is 2.15 bits per heavy atom. The van der Waals surface area contributed by atoms with Gasteiger partial charge in [0, 0.05) is 17.3 Å². The summed E-state index contributed by atoms with van der Waals surface area (Å²) in [7, 11) is 1.50. The van der Waals surface area contributed by atoms with Crippen molar-refractivity contribution in [1.82, 2.24) is 24.1 Å². The Hall–Kier alpha value is -3.05. The van der Waals surface area contributed by atoms with E-state index in [0.29, 0.717) is 5.13 Å². The average Bonchev–Trinajstić information content (AvgIpc) is 3.33. The zero-order valence-corrected chi connectivity index (χ0v) is 16.0. The van der Waals surface area contributed by atoms with Crippen LogP contribution in [0.25, 0.3) is 21.7 Å². The van der Waals surface area contributed by atoms with Crippen LogP contribution in [0.4, 0.5) is 5.13 Å². The SMILES string of the molecule is Cc1ccc(-c2csc(NC(=O)Cn3cnc4c3c(=O)[nH]c(=O)n4C)n2)s1. The molecule has 0 spiro atoms. The summed E-state index contributed by atoms with van der Waals surface area (Å²) in [5.41, 5.74) is 0.0690. The Morgan fingerprint density at radius 3 is 2.89 bits per heavy atom. The lowest BCUT2D eigenvalue weighted by molar-refractivity contribution is -0.116. The van der Waals surface area contributed by atoms with Crippen LogP contribution in [0, 0.1) is 6.92 Å². The number of thiazole rings is 1. The molecule has 0 saturated heterocycles. The Balaban J connectivity index is 1.55. The van der Waals surface area contributed by atoms with Crippen LogP contribution < -0.4 is 16.6 Å². The maximum Gasteiger partial charge on any atom is 0.329 e. The Bertz CT molecular complexity index is 1280. The van der Waals surface area contributed by atoms with Gasteiger partial charge in [-0.2, -0.15) is 0 Å². The lowest BCUT2D eigenvalue weighted by Crippen LogP contribution is -2.30. The predicted molar refractivity (Wildman–Crippen MR) is 104 cm³/mol. The third-order valence-corrected chi connectivity index (χ3v) is 5.71. The molecule has 0 saturated carbocycles. The van der Waals surface area contributed by atoms with Crippen LogP contribution in [0.3, 0.4) is 0 Å². The summed E-state index contributed by atoms with van der Waals surface area (Å²) in [5, 5.41) is 5.09. The highest BCUT2D eigenvalue weighted by Crippen LogP contribution is 2.30. The third kappa shape index (κ3) is 3.22. The number of hydrogen-bond acceptors (Lipinski definition) is 7. The Labute approximate surface area is 160 Å². The molecule has 9 nitrogen and oxygen atoms in total. The monoisotopic (exact) mass is 402 g/mol. The fraction of sp³-hybridized carbons (Fsp3) is 0.188. The van der Waals surface area contributed by atoms with Gasteiger partial charge in [-0.3, -0.25) is 19.1 Å². The number of aromatic amines is 1. The van der Waals surface area contributed by atoms with Gasteiger partial charge in [0.15, 0.2) is 16.3 Å². The number of carbonyl (C=O) groups is 1. The van der Waals surface area contributed by atoms with Gasteiger partial charge in [0.2, 0.25) is 5.91 Å². The van der Waals surface area contributed by atoms with E-state index in [2.05, 4.69) is 20.3 Å². The largest absolute Gasteiger partial charge is 0.329 e. The summed E-state index contributed by atoms with van der Waals surface area (Å²) in [6, 6.07) is 4.02. The number of nitrogens with zero attached hydrogens (tertiary/aromatic N) is 4. The number of imidazole rings is 1. The Morgan fingerprint density at radius 1 is 1.33 bits per heavy atom. The van der Waals surface area contributed by atoms with Crippen molar-refractivity contribution < 1.29 is 4.79 Å². The van der Waals surface area contributed by atoms with E-state index in [1.54, 1.807) is 11.3 Å². The van der Waals surface area contributed by atoms with E-state index >= 15 is 0 Å². The van der Waals surface area contributed by atoms with E-state index in [0.717, 1.165) is 10.6 Å². The lowest BCUT2D eigenvalue weighted by Gasteiger charge is -2.04. The van der Waals surface area contributed by atoms with Crippen molar-refractivity contribution in [3.8, 4) is 10.6 Å². The standard InChI is InChI=1S/C16H14N6O3S2/c1-8-3-4-10(27-8)9-6-26-15(18-9)19-11(23)5-22-7-17-13-12(22)14(24)20-16(25)21(13)2/h3-4,6-7H,5H2,1-2H3,(H,18,19,23)(H,20,24,25). The molecule has 0 bridgehead atoms. The van der Waals surface area contributed by atoms with Crippen LogP contribution in [-0.4, -0.2) is 30.0 Å². The van der Waals surface area contributed by atoms with E-state index in [9.17, 15) is 14.4 Å². The van der Waals surface area contributed by atoms with E-state index < -0.39 is 11.2 Å². The van der Waals surface area contributed by atoms with Gasteiger partial charge in [0.05, 0.1) is 16.9 Å². The predicted octanol–water partition coefficient (Wildman–Crippen LogP) is 1.56. The lowest BCUT2D eigenvalue weighted by atomic mass is 10.4. The van der Waals surface area contributed by atoms with Crippen molar-refractivity contribution in [2.24, 2.45) is 7.05 Å². The summed E-state index contributed by atoms with van der Waals surface area (Å²) < 4.78 is 2.63. The fourth-order valence-electron chi connectivity index (χ4n) is 2.64. The molecule has 11 heteroatoms. The normalized spacial score (nSPS) is 11.2. The minimum Gasteiger partial charge on any atom is -0.315 e. The maximum atomic E-state index is 12.4. The molecule has 0 unspecified atom stereocenters. The second-order valence-electron chi connectivity index (χ2n) is 5.86. The highest BCUT2D eigenvalue weighted by Gasteiger charge is 2.15.